The van der Waals surface area contributed by atoms with E-state index in [1.807, 2.05) is 24.3 Å². The zero-order valence-corrected chi connectivity index (χ0v) is 20.9. The van der Waals surface area contributed by atoms with Crippen molar-refractivity contribution in [1.82, 2.24) is 15.0 Å². The molecule has 1 saturated carbocycles. The number of carbonyl (C=O) groups is 1. The number of methoxy groups -OCH3 is 1. The average molecular weight is 536 g/mol. The molecule has 0 amide bonds. The summed E-state index contributed by atoms with van der Waals surface area (Å²) in [5.41, 5.74) is 0.0969. The Morgan fingerprint density at radius 1 is 1.08 bits per heavy atom. The summed E-state index contributed by atoms with van der Waals surface area (Å²) in [6.07, 6.45) is -3.70. The second-order valence-electron chi connectivity index (χ2n) is 8.89. The lowest BCUT2D eigenvalue weighted by molar-refractivity contribution is -0.274. The van der Waals surface area contributed by atoms with Crippen LogP contribution in [-0.2, 0) is 16.9 Å². The predicted octanol–water partition coefficient (Wildman–Crippen LogP) is 4.62. The molecule has 2 aromatic carbocycles. The fourth-order valence-corrected chi connectivity index (χ4v) is 4.36. The lowest BCUT2D eigenvalue weighted by atomic mass is 9.78. The molecule has 4 rings (SSSR count). The van der Waals surface area contributed by atoms with Crippen molar-refractivity contribution in [2.45, 2.75) is 57.2 Å². The zero-order valence-electron chi connectivity index (χ0n) is 20.9. The van der Waals surface area contributed by atoms with Crippen molar-refractivity contribution in [2.75, 3.05) is 13.7 Å². The number of carbonyl (C=O) groups excluding carboxylic acids is 1. The normalized spacial score (nSPS) is 19.6. The first kappa shape index (κ1) is 27.2. The number of aromatic nitrogens is 3. The molecule has 0 atom stereocenters. The van der Waals surface area contributed by atoms with Crippen LogP contribution in [0.1, 0.15) is 54.2 Å². The van der Waals surface area contributed by atoms with Gasteiger partial charge in [-0.3, -0.25) is 0 Å². The zero-order chi connectivity index (χ0) is 27.3. The minimum Gasteiger partial charge on any atom is -0.497 e. The maximum absolute atomic E-state index is 12.5. The summed E-state index contributed by atoms with van der Waals surface area (Å²) in [6, 6.07) is 12.5. The van der Waals surface area contributed by atoms with Crippen molar-refractivity contribution in [3.63, 3.8) is 0 Å². The van der Waals surface area contributed by atoms with Crippen molar-refractivity contribution in [3.05, 3.63) is 65.4 Å². The molecule has 0 spiro atoms. The van der Waals surface area contributed by atoms with E-state index < -0.39 is 17.9 Å². The van der Waals surface area contributed by atoms with Crippen LogP contribution in [0, 0.1) is 0 Å². The molecule has 0 bridgehead atoms. The number of hydrogen-bond donors (Lipinski definition) is 1. The molecule has 38 heavy (non-hydrogen) atoms. The third-order valence-electron chi connectivity index (χ3n) is 6.31. The van der Waals surface area contributed by atoms with Gasteiger partial charge in [0.25, 0.3) is 0 Å². The largest absolute Gasteiger partial charge is 0.573 e. The molecule has 9 nitrogen and oxygen atoms in total. The summed E-state index contributed by atoms with van der Waals surface area (Å²) in [7, 11) is 1.58. The molecule has 0 unspecified atom stereocenters. The highest BCUT2D eigenvalue weighted by Gasteiger charge is 2.37. The van der Waals surface area contributed by atoms with Crippen molar-refractivity contribution >= 4 is 5.97 Å². The van der Waals surface area contributed by atoms with Crippen LogP contribution in [0.15, 0.2) is 48.5 Å². The van der Waals surface area contributed by atoms with E-state index in [4.69, 9.17) is 14.2 Å². The van der Waals surface area contributed by atoms with Crippen molar-refractivity contribution < 1.29 is 42.0 Å². The molecular weight excluding hydrogens is 507 g/mol. The Balaban J connectivity index is 1.46. The molecule has 1 aliphatic rings. The molecule has 0 saturated heterocycles. The standard InChI is InChI=1S/C26H28F3N3O6/c1-3-36-24(33)22-23(32(31-30-22)16-17-4-8-19(35-2)9-5-17)37-20-12-14-25(34,15-13-20)18-6-10-21(11-7-18)38-26(27,28)29/h4-11,20,34H,3,12-16H2,1-2H3. The number of alkyl halides is 3. The maximum atomic E-state index is 12.5. The molecule has 0 aliphatic heterocycles. The lowest BCUT2D eigenvalue weighted by Crippen LogP contribution is -2.36. The Kier molecular flexibility index (Phi) is 8.10. The van der Waals surface area contributed by atoms with Gasteiger partial charge in [-0.15, -0.1) is 18.3 Å². The van der Waals surface area contributed by atoms with Crippen LogP contribution >= 0.6 is 0 Å². The highest BCUT2D eigenvalue weighted by molar-refractivity contribution is 5.89. The fourth-order valence-electron chi connectivity index (χ4n) is 4.36. The number of aliphatic hydroxyl groups is 1. The smallest absolute Gasteiger partial charge is 0.497 e. The number of benzene rings is 2. The van der Waals surface area contributed by atoms with Gasteiger partial charge in [0.2, 0.25) is 11.6 Å². The average Bonchev–Trinajstić information content (AvgIpc) is 3.27. The monoisotopic (exact) mass is 535 g/mol. The van der Waals surface area contributed by atoms with Gasteiger partial charge in [-0.25, -0.2) is 9.48 Å². The van der Waals surface area contributed by atoms with Gasteiger partial charge in [-0.1, -0.05) is 29.5 Å². The molecule has 1 fully saturated rings. The molecule has 1 aliphatic carbocycles. The number of hydrogen-bond acceptors (Lipinski definition) is 8. The van der Waals surface area contributed by atoms with Gasteiger partial charge in [-0.05, 0) is 68.0 Å². The molecule has 1 heterocycles. The van der Waals surface area contributed by atoms with Gasteiger partial charge >= 0.3 is 12.3 Å². The maximum Gasteiger partial charge on any atom is 0.573 e. The van der Waals surface area contributed by atoms with Crippen molar-refractivity contribution in [2.24, 2.45) is 0 Å². The second-order valence-corrected chi connectivity index (χ2v) is 8.89. The first-order chi connectivity index (χ1) is 18.1. The summed E-state index contributed by atoms with van der Waals surface area (Å²) in [4.78, 5) is 12.5. The highest BCUT2D eigenvalue weighted by Crippen LogP contribution is 2.39. The van der Waals surface area contributed by atoms with Crippen LogP contribution in [0.3, 0.4) is 0 Å². The number of ether oxygens (including phenoxy) is 4. The third kappa shape index (κ3) is 6.55. The quantitative estimate of drug-likeness (QED) is 0.396. The van der Waals surface area contributed by atoms with E-state index in [-0.39, 0.29) is 36.6 Å². The Morgan fingerprint density at radius 3 is 2.29 bits per heavy atom. The van der Waals surface area contributed by atoms with Crippen molar-refractivity contribution in [3.8, 4) is 17.4 Å². The molecule has 3 aromatic rings. The molecule has 12 heteroatoms. The SMILES string of the molecule is CCOC(=O)c1nnn(Cc2ccc(OC)cc2)c1OC1CCC(O)(c2ccc(OC(F)(F)F)cc2)CC1. The molecule has 0 radical (unpaired) electrons. The van der Waals surface area contributed by atoms with Gasteiger partial charge in [-0.2, -0.15) is 0 Å². The van der Waals surface area contributed by atoms with Crippen LogP contribution in [0.2, 0.25) is 0 Å². The summed E-state index contributed by atoms with van der Waals surface area (Å²) in [5, 5.41) is 19.3. The first-order valence-corrected chi connectivity index (χ1v) is 12.1. The number of nitrogens with zero attached hydrogens (tertiary/aromatic N) is 3. The van der Waals surface area contributed by atoms with Gasteiger partial charge in [0.15, 0.2) is 0 Å². The summed E-state index contributed by atoms with van der Waals surface area (Å²) >= 11 is 0. The Hall–Kier alpha value is -3.80. The van der Waals surface area contributed by atoms with Crippen LogP contribution < -0.4 is 14.2 Å². The van der Waals surface area contributed by atoms with Crippen LogP contribution in [0.5, 0.6) is 17.4 Å². The Bertz CT molecular complexity index is 1220. The number of esters is 1. The van der Waals surface area contributed by atoms with E-state index in [0.717, 1.165) is 5.56 Å². The van der Waals surface area contributed by atoms with E-state index in [1.54, 1.807) is 14.0 Å². The highest BCUT2D eigenvalue weighted by atomic mass is 19.4. The van der Waals surface area contributed by atoms with E-state index in [2.05, 4.69) is 15.0 Å². The topological polar surface area (TPSA) is 105 Å². The summed E-state index contributed by atoms with van der Waals surface area (Å²) < 4.78 is 59.2. The molecule has 1 N–H and O–H groups in total. The van der Waals surface area contributed by atoms with E-state index in [1.165, 1.54) is 28.9 Å². The minimum atomic E-state index is -4.79. The third-order valence-corrected chi connectivity index (χ3v) is 6.31. The van der Waals surface area contributed by atoms with Crippen LogP contribution in [0.25, 0.3) is 0 Å². The molecule has 1 aromatic heterocycles. The van der Waals surface area contributed by atoms with Crippen LogP contribution in [0.4, 0.5) is 13.2 Å². The fraction of sp³-hybridized carbons (Fsp3) is 0.423. The number of rotatable bonds is 9. The van der Waals surface area contributed by atoms with E-state index in [9.17, 15) is 23.1 Å². The first-order valence-electron chi connectivity index (χ1n) is 12.1. The molecular formula is C26H28F3N3O6. The molecule has 204 valence electrons. The minimum absolute atomic E-state index is 0.0403. The van der Waals surface area contributed by atoms with E-state index in [0.29, 0.717) is 37.0 Å². The van der Waals surface area contributed by atoms with Crippen LogP contribution in [-0.4, -0.2) is 52.3 Å². The number of halogens is 3. The van der Waals surface area contributed by atoms with Gasteiger partial charge in [0, 0.05) is 0 Å². The summed E-state index contributed by atoms with van der Waals surface area (Å²) in [5.74, 6) is -0.139. The second kappa shape index (κ2) is 11.3. The predicted molar refractivity (Wildman–Crippen MR) is 128 cm³/mol. The van der Waals surface area contributed by atoms with Gasteiger partial charge in [0.1, 0.15) is 17.6 Å². The Labute approximate surface area is 217 Å². The summed E-state index contributed by atoms with van der Waals surface area (Å²) in [6.45, 7) is 2.13. The van der Waals surface area contributed by atoms with Gasteiger partial charge < -0.3 is 24.1 Å². The van der Waals surface area contributed by atoms with Crippen molar-refractivity contribution in [1.29, 1.82) is 0 Å². The van der Waals surface area contributed by atoms with E-state index >= 15 is 0 Å². The van der Waals surface area contributed by atoms with Gasteiger partial charge in [0.05, 0.1) is 25.9 Å². The Morgan fingerprint density at radius 2 is 1.71 bits per heavy atom. The lowest BCUT2D eigenvalue weighted by Gasteiger charge is -2.36.